The van der Waals surface area contributed by atoms with Crippen LogP contribution in [0.2, 0.25) is 0 Å². The van der Waals surface area contributed by atoms with Gasteiger partial charge in [0.25, 0.3) is 5.91 Å². The zero-order valence-electron chi connectivity index (χ0n) is 17.3. The Bertz CT molecular complexity index is 1280. The van der Waals surface area contributed by atoms with Crippen LogP contribution in [0.3, 0.4) is 0 Å². The molecule has 10 heteroatoms. The van der Waals surface area contributed by atoms with E-state index in [1.54, 1.807) is 28.8 Å². The molecule has 0 spiro atoms. The van der Waals surface area contributed by atoms with Crippen molar-refractivity contribution < 1.29 is 13.9 Å². The average Bonchev–Trinajstić information content (AvgIpc) is 3.28. The molecule has 4 aromatic rings. The minimum absolute atomic E-state index is 0.0895. The third-order valence-electron chi connectivity index (χ3n) is 5.49. The lowest BCUT2D eigenvalue weighted by atomic mass is 10.1. The van der Waals surface area contributed by atoms with Crippen molar-refractivity contribution >= 4 is 22.9 Å². The monoisotopic (exact) mass is 433 g/mol. The lowest BCUT2D eigenvalue weighted by molar-refractivity contribution is 0.0742. The van der Waals surface area contributed by atoms with Gasteiger partial charge in [-0.05, 0) is 24.3 Å². The van der Waals surface area contributed by atoms with Gasteiger partial charge < -0.3 is 14.5 Å². The fourth-order valence-electron chi connectivity index (χ4n) is 3.81. The molecular weight excluding hydrogens is 413 g/mol. The van der Waals surface area contributed by atoms with Crippen LogP contribution < -0.4 is 9.64 Å². The smallest absolute Gasteiger partial charge is 0.256 e. The molecule has 0 atom stereocenters. The lowest BCUT2D eigenvalue weighted by Gasteiger charge is -2.35. The molecule has 32 heavy (non-hydrogen) atoms. The van der Waals surface area contributed by atoms with Crippen molar-refractivity contribution in [2.75, 3.05) is 38.2 Å². The van der Waals surface area contributed by atoms with Gasteiger partial charge in [0.15, 0.2) is 17.0 Å². The maximum atomic E-state index is 14.0. The molecule has 162 valence electrons. The Morgan fingerprint density at radius 3 is 2.62 bits per heavy atom. The van der Waals surface area contributed by atoms with Crippen molar-refractivity contribution in [3.05, 3.63) is 66.2 Å². The van der Waals surface area contributed by atoms with Crippen molar-refractivity contribution in [3.63, 3.8) is 0 Å². The number of carbonyl (C=O) groups is 1. The highest BCUT2D eigenvalue weighted by Crippen LogP contribution is 2.25. The van der Waals surface area contributed by atoms with Crippen LogP contribution >= 0.6 is 0 Å². The minimum Gasteiger partial charge on any atom is -0.497 e. The number of carbonyl (C=O) groups excluding carboxylic acids is 1. The first kappa shape index (κ1) is 19.9. The number of amides is 1. The summed E-state index contributed by atoms with van der Waals surface area (Å²) in [6, 6.07) is 13.5. The highest BCUT2D eigenvalue weighted by Gasteiger charge is 2.26. The fraction of sp³-hybridized carbons (Fsp3) is 0.227. The zero-order chi connectivity index (χ0) is 22.1. The Morgan fingerprint density at radius 2 is 1.84 bits per heavy atom. The molecule has 1 amide bonds. The van der Waals surface area contributed by atoms with Crippen molar-refractivity contribution in [1.82, 2.24) is 29.9 Å². The number of piperazine rings is 1. The van der Waals surface area contributed by atoms with Crippen molar-refractivity contribution in [1.29, 1.82) is 0 Å². The van der Waals surface area contributed by atoms with E-state index in [4.69, 9.17) is 4.74 Å². The van der Waals surface area contributed by atoms with Gasteiger partial charge in [-0.1, -0.05) is 23.4 Å². The van der Waals surface area contributed by atoms with Gasteiger partial charge in [0.1, 0.15) is 17.9 Å². The molecule has 1 aliphatic heterocycles. The molecule has 0 radical (unpaired) electrons. The van der Waals surface area contributed by atoms with E-state index >= 15 is 0 Å². The first-order chi connectivity index (χ1) is 15.7. The second kappa shape index (κ2) is 8.22. The summed E-state index contributed by atoms with van der Waals surface area (Å²) in [5, 5.41) is 8.58. The van der Waals surface area contributed by atoms with Crippen molar-refractivity contribution in [2.45, 2.75) is 0 Å². The van der Waals surface area contributed by atoms with E-state index in [0.717, 1.165) is 5.69 Å². The zero-order valence-corrected chi connectivity index (χ0v) is 17.3. The number of ether oxygens (including phenoxy) is 1. The number of nitrogens with zero attached hydrogens (tertiary/aromatic N) is 7. The number of anilines is 1. The summed E-state index contributed by atoms with van der Waals surface area (Å²) < 4.78 is 20.9. The molecular formula is C22H20FN7O2. The van der Waals surface area contributed by atoms with Gasteiger partial charge in [-0.25, -0.2) is 14.4 Å². The normalized spacial score (nSPS) is 14.1. The minimum atomic E-state index is -0.508. The Morgan fingerprint density at radius 1 is 1.03 bits per heavy atom. The summed E-state index contributed by atoms with van der Waals surface area (Å²) >= 11 is 0. The number of methoxy groups -OCH3 is 1. The predicted octanol–water partition coefficient (Wildman–Crippen LogP) is 2.32. The molecule has 2 aromatic carbocycles. The summed E-state index contributed by atoms with van der Waals surface area (Å²) in [7, 11) is 1.61. The molecule has 0 N–H and O–H groups in total. The second-order valence-corrected chi connectivity index (χ2v) is 7.33. The van der Waals surface area contributed by atoms with E-state index in [1.807, 2.05) is 29.2 Å². The van der Waals surface area contributed by atoms with Gasteiger partial charge in [-0.2, -0.15) is 4.68 Å². The van der Waals surface area contributed by atoms with E-state index in [0.29, 0.717) is 48.9 Å². The maximum Gasteiger partial charge on any atom is 0.256 e. The lowest BCUT2D eigenvalue weighted by Crippen LogP contribution is -2.49. The molecule has 1 fully saturated rings. The van der Waals surface area contributed by atoms with Crippen LogP contribution in [0.1, 0.15) is 10.4 Å². The number of hydrogen-bond donors (Lipinski definition) is 0. The topological polar surface area (TPSA) is 89.3 Å². The van der Waals surface area contributed by atoms with Gasteiger partial charge in [0.05, 0.1) is 18.4 Å². The van der Waals surface area contributed by atoms with Crippen LogP contribution in [0, 0.1) is 5.82 Å². The number of fused-ring (bicyclic) bond motifs is 1. The first-order valence-corrected chi connectivity index (χ1v) is 10.2. The van der Waals surface area contributed by atoms with Crippen LogP contribution in [0.15, 0.2) is 54.9 Å². The van der Waals surface area contributed by atoms with E-state index in [1.165, 1.54) is 18.5 Å². The predicted molar refractivity (Wildman–Crippen MR) is 116 cm³/mol. The Labute approximate surface area is 183 Å². The largest absolute Gasteiger partial charge is 0.497 e. The first-order valence-electron chi connectivity index (χ1n) is 10.2. The summed E-state index contributed by atoms with van der Waals surface area (Å²) in [4.78, 5) is 25.2. The Hall–Kier alpha value is -4.08. The van der Waals surface area contributed by atoms with E-state index in [-0.39, 0.29) is 11.5 Å². The average molecular weight is 433 g/mol. The molecule has 0 unspecified atom stereocenters. The van der Waals surface area contributed by atoms with Crippen LogP contribution in [-0.4, -0.2) is 69.1 Å². The number of halogens is 1. The van der Waals surface area contributed by atoms with Crippen LogP contribution in [0.5, 0.6) is 5.75 Å². The summed E-state index contributed by atoms with van der Waals surface area (Å²) in [6.45, 7) is 1.97. The second-order valence-electron chi connectivity index (χ2n) is 7.33. The number of aromatic nitrogens is 5. The summed E-state index contributed by atoms with van der Waals surface area (Å²) in [5.74, 6) is 0.546. The van der Waals surface area contributed by atoms with Crippen LogP contribution in [0.4, 0.5) is 10.2 Å². The van der Waals surface area contributed by atoms with Gasteiger partial charge in [0.2, 0.25) is 0 Å². The number of benzene rings is 2. The number of hydrogen-bond acceptors (Lipinski definition) is 7. The number of rotatable bonds is 4. The third-order valence-corrected chi connectivity index (χ3v) is 5.49. The molecule has 0 bridgehead atoms. The fourth-order valence-corrected chi connectivity index (χ4v) is 3.81. The molecule has 2 aromatic heterocycles. The maximum absolute atomic E-state index is 14.0. The van der Waals surface area contributed by atoms with E-state index in [9.17, 15) is 9.18 Å². The van der Waals surface area contributed by atoms with Crippen LogP contribution in [0.25, 0.3) is 16.9 Å². The third kappa shape index (κ3) is 3.49. The SMILES string of the molecule is COc1cccc(-n2nnc3c(N4CCN(C(=O)c5ccccc5F)CC4)ncnc32)c1. The molecule has 3 heterocycles. The standard InChI is InChI=1S/C22H20FN7O2/c1-32-16-6-4-5-15(13-16)30-21-19(26-27-30)20(24-14-25-21)28-9-11-29(12-10-28)22(31)17-7-2-3-8-18(17)23/h2-8,13-14H,9-12H2,1H3. The van der Waals surface area contributed by atoms with Gasteiger partial charge in [-0.3, -0.25) is 4.79 Å². The highest BCUT2D eigenvalue weighted by molar-refractivity contribution is 5.94. The van der Waals surface area contributed by atoms with Crippen molar-refractivity contribution in [3.8, 4) is 11.4 Å². The van der Waals surface area contributed by atoms with Crippen LogP contribution in [-0.2, 0) is 0 Å². The molecule has 1 aliphatic rings. The van der Waals surface area contributed by atoms with Gasteiger partial charge in [0, 0.05) is 32.2 Å². The molecule has 9 nitrogen and oxygen atoms in total. The molecule has 1 saturated heterocycles. The Balaban J connectivity index is 1.38. The summed E-state index contributed by atoms with van der Waals surface area (Å²) in [6.07, 6.45) is 1.48. The molecule has 0 aliphatic carbocycles. The van der Waals surface area contributed by atoms with E-state index < -0.39 is 5.82 Å². The van der Waals surface area contributed by atoms with Crippen molar-refractivity contribution in [2.24, 2.45) is 0 Å². The molecule has 5 rings (SSSR count). The quantitative estimate of drug-likeness (QED) is 0.488. The molecule has 0 saturated carbocycles. The van der Waals surface area contributed by atoms with E-state index in [2.05, 4.69) is 20.3 Å². The summed E-state index contributed by atoms with van der Waals surface area (Å²) in [5.41, 5.74) is 2.01. The highest BCUT2D eigenvalue weighted by atomic mass is 19.1. The van der Waals surface area contributed by atoms with Gasteiger partial charge >= 0.3 is 0 Å². The Kier molecular flexibility index (Phi) is 5.10. The van der Waals surface area contributed by atoms with Gasteiger partial charge in [-0.15, -0.1) is 5.10 Å².